The van der Waals surface area contributed by atoms with Crippen LogP contribution in [0.25, 0.3) is 10.8 Å². The predicted octanol–water partition coefficient (Wildman–Crippen LogP) is 0.755. The largest absolute Gasteiger partial charge is 0.394 e. The number of nitrogens with zero attached hydrogens (tertiary/aromatic N) is 3. The van der Waals surface area contributed by atoms with Crippen LogP contribution in [0.1, 0.15) is 72.8 Å². The molecule has 3 aromatic rings. The van der Waals surface area contributed by atoms with Gasteiger partial charge in [0.2, 0.25) is 5.91 Å². The van der Waals surface area contributed by atoms with Crippen molar-refractivity contribution in [2.75, 3.05) is 45.1 Å². The van der Waals surface area contributed by atoms with Crippen molar-refractivity contribution >= 4 is 46.0 Å². The average molecular weight is 788 g/mol. The molecule has 2 aromatic carbocycles. The van der Waals surface area contributed by atoms with Crippen LogP contribution in [0, 0.1) is 12.3 Å². The fourth-order valence-electron chi connectivity index (χ4n) is 6.09. The van der Waals surface area contributed by atoms with E-state index in [-0.39, 0.29) is 29.2 Å². The highest BCUT2D eigenvalue weighted by atomic mass is 35.5. The van der Waals surface area contributed by atoms with Crippen molar-refractivity contribution in [1.29, 1.82) is 5.41 Å². The number of benzene rings is 2. The zero-order valence-corrected chi connectivity index (χ0v) is 32.4. The Morgan fingerprint density at radius 1 is 0.909 bits per heavy atom. The van der Waals surface area contributed by atoms with E-state index < -0.39 is 48.9 Å². The summed E-state index contributed by atoms with van der Waals surface area (Å²) >= 11 is 5.95. The first-order valence-corrected chi connectivity index (χ1v) is 19.1. The van der Waals surface area contributed by atoms with Gasteiger partial charge in [-0.05, 0) is 67.5 Å². The minimum Gasteiger partial charge on any atom is -0.394 e. The lowest BCUT2D eigenvalue weighted by atomic mass is 9.98. The number of amides is 2. The molecule has 0 aliphatic carbocycles. The Hall–Kier alpha value is -4.00. The van der Waals surface area contributed by atoms with E-state index in [0.29, 0.717) is 38.3 Å². The number of carbonyl (C=O) groups excluding carboxylic acids is 2. The van der Waals surface area contributed by atoms with Gasteiger partial charge in [-0.15, -0.1) is 0 Å². The van der Waals surface area contributed by atoms with E-state index in [4.69, 9.17) is 33.6 Å². The number of nitrogen functional groups attached to an aromatic ring is 1. The number of unbranched alkanes of at least 4 members (excludes halogenated alkanes) is 4. The zero-order valence-electron chi connectivity index (χ0n) is 31.7. The molecule has 0 spiro atoms. The van der Waals surface area contributed by atoms with Gasteiger partial charge in [0.15, 0.2) is 22.6 Å². The molecule has 1 heterocycles. The summed E-state index contributed by atoms with van der Waals surface area (Å²) in [5, 5.41) is 68.4. The van der Waals surface area contributed by atoms with E-state index in [1.807, 2.05) is 29.2 Å². The monoisotopic (exact) mass is 787 g/mol. The van der Waals surface area contributed by atoms with Gasteiger partial charge in [-0.25, -0.2) is 9.97 Å². The van der Waals surface area contributed by atoms with Crippen molar-refractivity contribution in [1.82, 2.24) is 30.8 Å². The minimum atomic E-state index is -1.70. The Labute approximate surface area is 327 Å². The number of halogens is 1. The number of aliphatic hydroxyl groups excluding tert-OH is 5. The van der Waals surface area contributed by atoms with Crippen LogP contribution in [-0.2, 0) is 17.6 Å². The quantitative estimate of drug-likeness (QED) is 0.0340. The number of fused-ring (bicyclic) bond motifs is 1. The van der Waals surface area contributed by atoms with Crippen LogP contribution in [0.2, 0.25) is 5.15 Å². The molecule has 0 saturated carbocycles. The Kier molecular flexibility index (Phi) is 19.1. The molecule has 0 fully saturated rings. The van der Waals surface area contributed by atoms with Crippen molar-refractivity contribution < 1.29 is 35.1 Å². The van der Waals surface area contributed by atoms with Gasteiger partial charge in [-0.1, -0.05) is 74.2 Å². The van der Waals surface area contributed by atoms with Crippen LogP contribution in [0.3, 0.4) is 0 Å². The van der Waals surface area contributed by atoms with Gasteiger partial charge in [-0.3, -0.25) is 25.2 Å². The number of aromatic nitrogens is 2. The van der Waals surface area contributed by atoms with Crippen molar-refractivity contribution in [3.05, 3.63) is 64.1 Å². The van der Waals surface area contributed by atoms with Gasteiger partial charge in [0.05, 0.1) is 24.4 Å². The second-order valence-electron chi connectivity index (χ2n) is 13.8. The fraction of sp³-hybridized carbons (Fsp3) is 0.553. The Balaban J connectivity index is 1.48. The summed E-state index contributed by atoms with van der Waals surface area (Å²) in [6.07, 6.45) is 0.474. The number of nitrogens with one attached hydrogen (secondary N) is 4. The van der Waals surface area contributed by atoms with Gasteiger partial charge >= 0.3 is 0 Å². The normalized spacial score (nSPS) is 14.3. The molecule has 0 radical (unpaired) electrons. The number of nitrogens with two attached hydrogens (primary N) is 2. The van der Waals surface area contributed by atoms with Crippen LogP contribution in [0.15, 0.2) is 36.4 Å². The number of aryl methyl sites for hydroxylation is 2. The predicted molar refractivity (Wildman–Crippen MR) is 213 cm³/mol. The highest BCUT2D eigenvalue weighted by molar-refractivity contribution is 6.30. The number of hydrogen-bond acceptors (Lipinski definition) is 13. The number of rotatable bonds is 24. The molecule has 55 heavy (non-hydrogen) atoms. The van der Waals surface area contributed by atoms with E-state index in [2.05, 4.69) is 45.0 Å². The number of hydrogen-bond donors (Lipinski definition) is 11. The molecule has 0 aliphatic heterocycles. The molecule has 304 valence electrons. The minimum absolute atomic E-state index is 0.0251. The summed E-state index contributed by atoms with van der Waals surface area (Å²) in [7, 11) is 0. The molecule has 0 unspecified atom stereocenters. The highest BCUT2D eigenvalue weighted by Gasteiger charge is 2.31. The number of primary amides is 1. The lowest BCUT2D eigenvalue weighted by Gasteiger charge is -2.31. The van der Waals surface area contributed by atoms with E-state index in [0.717, 1.165) is 66.8 Å². The maximum atomic E-state index is 12.4. The molecule has 17 heteroatoms. The molecular formula is C38H58ClN9O7. The summed E-state index contributed by atoms with van der Waals surface area (Å²) in [5.41, 5.74) is 13.9. The third kappa shape index (κ3) is 14.9. The number of guanidine groups is 1. The van der Waals surface area contributed by atoms with Crippen LogP contribution in [0.5, 0.6) is 0 Å². The molecule has 3 rings (SSSR count). The van der Waals surface area contributed by atoms with Crippen molar-refractivity contribution in [2.45, 2.75) is 95.7 Å². The fourth-order valence-corrected chi connectivity index (χ4v) is 6.22. The summed E-state index contributed by atoms with van der Waals surface area (Å²) < 4.78 is 0. The molecule has 2 amide bonds. The second-order valence-corrected chi connectivity index (χ2v) is 14.2. The SMILES string of the molecule is CCCCCCN(CCN[C@@H](Cc1ccc2cc(CCCCNC(=N)NC(=O)c3nc(Cl)c(C)nc3N)ccc2c1)C(N)=O)C[C@H](O)[C@@H](O)[C@H](O)[C@H](O)CO. The third-order valence-electron chi connectivity index (χ3n) is 9.36. The summed E-state index contributed by atoms with van der Waals surface area (Å²) in [6.45, 7) is 4.92. The smallest absolute Gasteiger partial charge is 0.280 e. The molecule has 0 bridgehead atoms. The van der Waals surface area contributed by atoms with E-state index in [1.54, 1.807) is 6.92 Å². The van der Waals surface area contributed by atoms with Crippen LogP contribution < -0.4 is 27.4 Å². The molecule has 16 nitrogen and oxygen atoms in total. The topological polar surface area (TPSA) is 276 Å². The Morgan fingerprint density at radius 2 is 1.58 bits per heavy atom. The van der Waals surface area contributed by atoms with Gasteiger partial charge in [0.1, 0.15) is 18.3 Å². The average Bonchev–Trinajstić information content (AvgIpc) is 3.15. The van der Waals surface area contributed by atoms with Gasteiger partial charge in [0, 0.05) is 26.2 Å². The molecule has 0 saturated heterocycles. The molecule has 1 aromatic heterocycles. The summed E-state index contributed by atoms with van der Waals surface area (Å²) in [4.78, 5) is 34.7. The summed E-state index contributed by atoms with van der Waals surface area (Å²) in [5.74, 6) is -1.41. The van der Waals surface area contributed by atoms with Crippen molar-refractivity contribution in [3.8, 4) is 0 Å². The first-order valence-electron chi connectivity index (χ1n) is 18.8. The van der Waals surface area contributed by atoms with Crippen LogP contribution in [-0.4, -0.2) is 128 Å². The molecule has 0 aliphatic rings. The second kappa shape index (κ2) is 23.2. The first kappa shape index (κ1) is 45.4. The van der Waals surface area contributed by atoms with E-state index in [1.165, 1.54) is 0 Å². The van der Waals surface area contributed by atoms with Gasteiger partial charge < -0.3 is 47.6 Å². The Morgan fingerprint density at radius 3 is 2.25 bits per heavy atom. The van der Waals surface area contributed by atoms with Crippen LogP contribution >= 0.6 is 11.6 Å². The number of carbonyl (C=O) groups is 2. The van der Waals surface area contributed by atoms with E-state index in [9.17, 15) is 30.0 Å². The van der Waals surface area contributed by atoms with Crippen molar-refractivity contribution in [3.63, 3.8) is 0 Å². The van der Waals surface area contributed by atoms with Gasteiger partial charge in [0.25, 0.3) is 5.91 Å². The Bertz CT molecular complexity index is 1700. The van der Waals surface area contributed by atoms with E-state index >= 15 is 0 Å². The number of aliphatic hydroxyl groups is 5. The first-order chi connectivity index (χ1) is 26.2. The maximum absolute atomic E-state index is 12.4. The van der Waals surface area contributed by atoms with Gasteiger partial charge in [-0.2, -0.15) is 0 Å². The standard InChI is InChI=1S/C38H58ClN9O7/c1-3-4-5-8-16-48(21-29(50)32(52)33(53)30(51)22-49)17-15-43-28(36(41)54)20-25-11-13-26-18-24(10-12-27(26)19-25)9-6-7-14-44-38(42)47-37(55)31-35(40)45-23(2)34(39)46-31/h10-13,18-19,28-30,32-33,43,49-53H,3-9,14-17,20-22H2,1-2H3,(H2,40,45)(H2,41,54)(H3,42,44,47,55)/t28-,29-,30+,32+,33+/m0/s1. The maximum Gasteiger partial charge on any atom is 0.280 e. The molecule has 13 N–H and O–H groups in total. The zero-order chi connectivity index (χ0) is 40.5. The third-order valence-corrected chi connectivity index (χ3v) is 9.71. The molecule has 5 atom stereocenters. The van der Waals surface area contributed by atoms with Crippen LogP contribution in [0.4, 0.5) is 5.82 Å². The lowest BCUT2D eigenvalue weighted by Crippen LogP contribution is -2.51. The summed E-state index contributed by atoms with van der Waals surface area (Å²) in [6, 6.07) is 11.6. The number of anilines is 1. The lowest BCUT2D eigenvalue weighted by molar-refractivity contribution is -0.120. The van der Waals surface area contributed by atoms with Crippen molar-refractivity contribution in [2.24, 2.45) is 5.73 Å². The highest BCUT2D eigenvalue weighted by Crippen LogP contribution is 2.20. The molecular weight excluding hydrogens is 730 g/mol.